The Kier molecular flexibility index (Phi) is 2.73. The average molecular weight is 331 g/mol. The fraction of sp³-hybridized carbons (Fsp3) is 0. The molecule has 2 rings (SSSR count). The maximum Gasteiger partial charge on any atom is 0.266 e. The molecule has 0 radical (unpaired) electrons. The molecule has 1 amide bonds. The summed E-state index contributed by atoms with van der Waals surface area (Å²) in [7, 11) is 0. The Morgan fingerprint density at radius 1 is 1.56 bits per heavy atom. The Morgan fingerprint density at radius 2 is 2.31 bits per heavy atom. The number of rotatable bonds is 2. The van der Waals surface area contributed by atoms with Crippen LogP contribution in [0, 0.1) is 3.57 Å². The number of primary amides is 1. The summed E-state index contributed by atoms with van der Waals surface area (Å²) in [4.78, 5) is 28.6. The first-order chi connectivity index (χ1) is 7.59. The number of nitrogens with two attached hydrogens (primary N) is 1. The van der Waals surface area contributed by atoms with Crippen molar-refractivity contribution in [3.05, 3.63) is 38.2 Å². The van der Waals surface area contributed by atoms with E-state index in [4.69, 9.17) is 5.73 Å². The molecular weight excluding hydrogens is 325 g/mol. The van der Waals surface area contributed by atoms with E-state index in [2.05, 4.69) is 15.1 Å². The summed E-state index contributed by atoms with van der Waals surface area (Å²) in [6, 6.07) is 0. The standard InChI is InChI=1S/C8H6IN5O2/c9-5-7(11-3-12-8(5)16)14-2-4(1-13-14)6(10)15/h1-3H,(H2,10,15)(H,11,12,16). The third-order valence-electron chi connectivity index (χ3n) is 1.86. The minimum absolute atomic E-state index is 0.262. The van der Waals surface area contributed by atoms with Crippen LogP contribution in [0.25, 0.3) is 5.82 Å². The summed E-state index contributed by atoms with van der Waals surface area (Å²) in [6.45, 7) is 0. The van der Waals surface area contributed by atoms with E-state index in [0.29, 0.717) is 9.39 Å². The van der Waals surface area contributed by atoms with Crippen molar-refractivity contribution in [3.8, 4) is 5.82 Å². The molecule has 7 nitrogen and oxygen atoms in total. The van der Waals surface area contributed by atoms with Gasteiger partial charge in [0.25, 0.3) is 11.5 Å². The van der Waals surface area contributed by atoms with Crippen molar-refractivity contribution in [2.75, 3.05) is 0 Å². The summed E-state index contributed by atoms with van der Waals surface area (Å²) < 4.78 is 1.72. The van der Waals surface area contributed by atoms with Crippen LogP contribution in [0.15, 0.2) is 23.5 Å². The number of hydrogen-bond donors (Lipinski definition) is 2. The largest absolute Gasteiger partial charge is 0.366 e. The summed E-state index contributed by atoms with van der Waals surface area (Å²) in [5, 5.41) is 3.91. The molecule has 0 bridgehead atoms. The Morgan fingerprint density at radius 3 is 2.94 bits per heavy atom. The fourth-order valence-corrected chi connectivity index (χ4v) is 1.64. The van der Waals surface area contributed by atoms with Crippen LogP contribution in [0.1, 0.15) is 10.4 Å². The van der Waals surface area contributed by atoms with Crippen molar-refractivity contribution in [3.63, 3.8) is 0 Å². The van der Waals surface area contributed by atoms with Crippen molar-refractivity contribution >= 4 is 28.5 Å². The number of aromatic amines is 1. The normalized spacial score (nSPS) is 10.3. The molecule has 0 aliphatic heterocycles. The number of nitrogens with one attached hydrogen (secondary N) is 1. The number of hydrogen-bond acceptors (Lipinski definition) is 4. The van der Waals surface area contributed by atoms with E-state index >= 15 is 0 Å². The van der Waals surface area contributed by atoms with Gasteiger partial charge in [0, 0.05) is 6.20 Å². The summed E-state index contributed by atoms with van der Waals surface area (Å²) in [6.07, 6.45) is 4.01. The first-order valence-corrected chi connectivity index (χ1v) is 5.25. The molecule has 3 N–H and O–H groups in total. The molecule has 0 unspecified atom stereocenters. The molecule has 16 heavy (non-hydrogen) atoms. The van der Waals surface area contributed by atoms with Crippen LogP contribution in [0.3, 0.4) is 0 Å². The van der Waals surface area contributed by atoms with E-state index in [1.165, 1.54) is 23.4 Å². The van der Waals surface area contributed by atoms with Gasteiger partial charge in [-0.1, -0.05) is 0 Å². The third kappa shape index (κ3) is 1.83. The SMILES string of the molecule is NC(=O)c1cnn(-c2nc[nH]c(=O)c2I)c1. The van der Waals surface area contributed by atoms with Crippen molar-refractivity contribution in [1.29, 1.82) is 0 Å². The van der Waals surface area contributed by atoms with Gasteiger partial charge >= 0.3 is 0 Å². The Hall–Kier alpha value is -1.71. The quantitative estimate of drug-likeness (QED) is 0.734. The van der Waals surface area contributed by atoms with E-state index in [1.807, 2.05) is 22.6 Å². The number of carbonyl (C=O) groups is 1. The van der Waals surface area contributed by atoms with Crippen LogP contribution in [0.5, 0.6) is 0 Å². The molecule has 8 heteroatoms. The monoisotopic (exact) mass is 331 g/mol. The highest BCUT2D eigenvalue weighted by molar-refractivity contribution is 14.1. The van der Waals surface area contributed by atoms with Gasteiger partial charge in [0.05, 0.1) is 18.1 Å². The zero-order valence-corrected chi connectivity index (χ0v) is 10.0. The summed E-state index contributed by atoms with van der Waals surface area (Å²) in [5.41, 5.74) is 5.09. The molecule has 2 aromatic heterocycles. The average Bonchev–Trinajstić information content (AvgIpc) is 2.71. The van der Waals surface area contributed by atoms with Gasteiger partial charge in [-0.2, -0.15) is 5.10 Å². The molecular formula is C8H6IN5O2. The molecule has 0 aliphatic rings. The summed E-state index contributed by atoms with van der Waals surface area (Å²) >= 11 is 1.85. The lowest BCUT2D eigenvalue weighted by Gasteiger charge is -2.00. The Balaban J connectivity index is 2.55. The molecule has 0 aliphatic carbocycles. The molecule has 0 spiro atoms. The topological polar surface area (TPSA) is 107 Å². The van der Waals surface area contributed by atoms with Crippen LogP contribution in [0.2, 0.25) is 0 Å². The first-order valence-electron chi connectivity index (χ1n) is 4.17. The molecule has 0 aromatic carbocycles. The molecule has 0 saturated heterocycles. The number of nitrogens with zero attached hydrogens (tertiary/aromatic N) is 3. The predicted molar refractivity (Wildman–Crippen MR) is 63.2 cm³/mol. The minimum atomic E-state index is -0.578. The molecule has 2 heterocycles. The number of H-pyrrole nitrogens is 1. The van der Waals surface area contributed by atoms with Crippen LogP contribution in [-0.2, 0) is 0 Å². The highest BCUT2D eigenvalue weighted by Crippen LogP contribution is 2.09. The van der Waals surface area contributed by atoms with Gasteiger partial charge in [-0.25, -0.2) is 9.67 Å². The van der Waals surface area contributed by atoms with Crippen LogP contribution >= 0.6 is 22.6 Å². The van der Waals surface area contributed by atoms with Crippen LogP contribution in [-0.4, -0.2) is 25.7 Å². The molecule has 2 aromatic rings. The Bertz CT molecular complexity index is 602. The van der Waals surface area contributed by atoms with Crippen molar-refractivity contribution in [1.82, 2.24) is 19.7 Å². The number of halogens is 1. The predicted octanol–water partition coefficient (Wildman–Crippen LogP) is -0.341. The van der Waals surface area contributed by atoms with Crippen molar-refractivity contribution in [2.45, 2.75) is 0 Å². The Labute approximate surface area is 103 Å². The van der Waals surface area contributed by atoms with Crippen LogP contribution < -0.4 is 11.3 Å². The smallest absolute Gasteiger partial charge is 0.266 e. The maximum absolute atomic E-state index is 11.3. The van der Waals surface area contributed by atoms with E-state index in [9.17, 15) is 9.59 Å². The van der Waals surface area contributed by atoms with Gasteiger partial charge in [0.15, 0.2) is 5.82 Å². The van der Waals surface area contributed by atoms with Gasteiger partial charge in [-0.15, -0.1) is 0 Å². The summed E-state index contributed by atoms with van der Waals surface area (Å²) in [5.74, 6) is -0.219. The molecule has 0 saturated carbocycles. The number of carbonyl (C=O) groups excluding carboxylic acids is 1. The lowest BCUT2D eigenvalue weighted by atomic mass is 10.3. The zero-order chi connectivity index (χ0) is 11.7. The van der Waals surface area contributed by atoms with Gasteiger partial charge in [0.2, 0.25) is 0 Å². The second-order valence-corrected chi connectivity index (χ2v) is 3.99. The fourth-order valence-electron chi connectivity index (χ4n) is 1.10. The van der Waals surface area contributed by atoms with E-state index in [0.717, 1.165) is 0 Å². The van der Waals surface area contributed by atoms with Gasteiger partial charge in [-0.05, 0) is 22.6 Å². The molecule has 82 valence electrons. The van der Waals surface area contributed by atoms with E-state index in [1.54, 1.807) is 0 Å². The van der Waals surface area contributed by atoms with Gasteiger partial charge in [-0.3, -0.25) is 9.59 Å². The zero-order valence-electron chi connectivity index (χ0n) is 7.85. The van der Waals surface area contributed by atoms with Crippen LogP contribution in [0.4, 0.5) is 0 Å². The lowest BCUT2D eigenvalue weighted by Crippen LogP contribution is -2.15. The molecule has 0 atom stereocenters. The second kappa shape index (κ2) is 4.04. The third-order valence-corrected chi connectivity index (χ3v) is 2.83. The lowest BCUT2D eigenvalue weighted by molar-refractivity contribution is 0.100. The molecule has 0 fully saturated rings. The highest BCUT2D eigenvalue weighted by atomic mass is 127. The van der Waals surface area contributed by atoms with E-state index < -0.39 is 5.91 Å². The minimum Gasteiger partial charge on any atom is -0.366 e. The van der Waals surface area contributed by atoms with Crippen molar-refractivity contribution < 1.29 is 4.79 Å². The second-order valence-electron chi connectivity index (χ2n) is 2.91. The van der Waals surface area contributed by atoms with Gasteiger partial charge < -0.3 is 10.7 Å². The maximum atomic E-state index is 11.3. The number of amides is 1. The van der Waals surface area contributed by atoms with Gasteiger partial charge in [0.1, 0.15) is 3.57 Å². The first kappa shape index (κ1) is 10.8. The highest BCUT2D eigenvalue weighted by Gasteiger charge is 2.10. The van der Waals surface area contributed by atoms with E-state index in [-0.39, 0.29) is 11.1 Å². The van der Waals surface area contributed by atoms with Crippen molar-refractivity contribution in [2.24, 2.45) is 5.73 Å². The number of aromatic nitrogens is 4.